The van der Waals surface area contributed by atoms with Gasteiger partial charge in [-0.2, -0.15) is 0 Å². The average molecular weight is 559 g/mol. The Labute approximate surface area is 193 Å². The van der Waals surface area contributed by atoms with E-state index in [0.717, 1.165) is 0 Å². The summed E-state index contributed by atoms with van der Waals surface area (Å²) in [4.78, 5) is 33.5. The molecule has 0 fully saturated rings. The van der Waals surface area contributed by atoms with Crippen molar-refractivity contribution in [2.24, 2.45) is 0 Å². The van der Waals surface area contributed by atoms with Crippen LogP contribution in [0.5, 0.6) is 0 Å². The van der Waals surface area contributed by atoms with Gasteiger partial charge < -0.3 is 10.6 Å². The summed E-state index contributed by atoms with van der Waals surface area (Å²) in [6.07, 6.45) is 1.57. The van der Waals surface area contributed by atoms with Gasteiger partial charge in [-0.05, 0) is 52.3 Å². The first-order valence-electron chi connectivity index (χ1n) is 8.11. The molecule has 0 saturated heterocycles. The number of anilines is 1. The standard InChI is InChI=1S/C19H12Br2Cl2N4O2/c1-24-19(29)11-7-10(20)8-12(21)16(11)27-18(28)9-5-14(26-15(23)6-9)17-13(22)3-2-4-25-17/h2-8H,1H3,(H,24,29)(H,27,28). The number of halogens is 4. The van der Waals surface area contributed by atoms with Gasteiger partial charge in [-0.1, -0.05) is 39.1 Å². The van der Waals surface area contributed by atoms with E-state index >= 15 is 0 Å². The van der Waals surface area contributed by atoms with E-state index in [1.165, 1.54) is 19.2 Å². The summed E-state index contributed by atoms with van der Waals surface area (Å²) < 4.78 is 1.21. The maximum absolute atomic E-state index is 12.9. The predicted octanol–water partition coefficient (Wildman–Crippen LogP) is 5.59. The molecule has 3 aromatic rings. The highest BCUT2D eigenvalue weighted by Gasteiger charge is 2.19. The van der Waals surface area contributed by atoms with E-state index in [1.807, 2.05) is 0 Å². The number of hydrogen-bond donors (Lipinski definition) is 2. The maximum Gasteiger partial charge on any atom is 0.255 e. The van der Waals surface area contributed by atoms with Crippen LogP contribution in [0.1, 0.15) is 20.7 Å². The van der Waals surface area contributed by atoms with Gasteiger partial charge in [-0.3, -0.25) is 14.6 Å². The van der Waals surface area contributed by atoms with Crippen LogP contribution in [0.15, 0.2) is 51.5 Å². The molecule has 6 nitrogen and oxygen atoms in total. The summed E-state index contributed by atoms with van der Waals surface area (Å²) >= 11 is 19.0. The minimum Gasteiger partial charge on any atom is -0.355 e. The van der Waals surface area contributed by atoms with Crippen molar-refractivity contribution in [2.75, 3.05) is 12.4 Å². The molecule has 0 aliphatic heterocycles. The quantitative estimate of drug-likeness (QED) is 0.409. The fourth-order valence-corrected chi connectivity index (χ4v) is 4.27. The molecule has 0 saturated carbocycles. The maximum atomic E-state index is 12.9. The summed E-state index contributed by atoms with van der Waals surface area (Å²) in [6, 6.07) is 9.64. The Hall–Kier alpha value is -2.00. The van der Waals surface area contributed by atoms with Crippen LogP contribution >= 0.6 is 55.1 Å². The van der Waals surface area contributed by atoms with Crippen LogP contribution in [-0.4, -0.2) is 28.8 Å². The second-order valence-electron chi connectivity index (χ2n) is 5.74. The van der Waals surface area contributed by atoms with Crippen LogP contribution < -0.4 is 10.6 Å². The van der Waals surface area contributed by atoms with Gasteiger partial charge in [0.25, 0.3) is 11.8 Å². The van der Waals surface area contributed by atoms with Crippen LogP contribution in [0.3, 0.4) is 0 Å². The number of carbonyl (C=O) groups is 2. The lowest BCUT2D eigenvalue weighted by Gasteiger charge is -2.14. The third-order valence-corrected chi connectivity index (χ3v) is 5.40. The number of carbonyl (C=O) groups excluding carboxylic acids is 2. The van der Waals surface area contributed by atoms with Gasteiger partial charge in [-0.15, -0.1) is 0 Å². The highest BCUT2D eigenvalue weighted by atomic mass is 79.9. The predicted molar refractivity (Wildman–Crippen MR) is 121 cm³/mol. The molecule has 0 aliphatic carbocycles. The van der Waals surface area contributed by atoms with Crippen LogP contribution in [-0.2, 0) is 0 Å². The molecule has 1 aromatic carbocycles. The van der Waals surface area contributed by atoms with Gasteiger partial charge in [0.05, 0.1) is 22.0 Å². The van der Waals surface area contributed by atoms with Gasteiger partial charge in [0.15, 0.2) is 0 Å². The topological polar surface area (TPSA) is 84.0 Å². The minimum absolute atomic E-state index is 0.107. The molecule has 0 aliphatic rings. The second kappa shape index (κ2) is 9.21. The molecule has 2 aromatic heterocycles. The first-order chi connectivity index (χ1) is 13.8. The van der Waals surface area contributed by atoms with Gasteiger partial charge in [0, 0.05) is 27.8 Å². The molecule has 0 unspecified atom stereocenters. The van der Waals surface area contributed by atoms with E-state index in [4.69, 9.17) is 23.2 Å². The Balaban J connectivity index is 2.01. The Morgan fingerprint density at radius 3 is 2.52 bits per heavy atom. The number of benzene rings is 1. The number of nitrogens with zero attached hydrogens (tertiary/aromatic N) is 2. The highest BCUT2D eigenvalue weighted by molar-refractivity contribution is 9.11. The summed E-state index contributed by atoms with van der Waals surface area (Å²) in [6.45, 7) is 0. The lowest BCUT2D eigenvalue weighted by atomic mass is 10.1. The van der Waals surface area contributed by atoms with E-state index in [-0.39, 0.29) is 22.2 Å². The number of nitrogens with one attached hydrogen (secondary N) is 2. The first-order valence-corrected chi connectivity index (χ1v) is 10.4. The van der Waals surface area contributed by atoms with Crippen molar-refractivity contribution < 1.29 is 9.59 Å². The number of amides is 2. The lowest BCUT2D eigenvalue weighted by molar-refractivity contribution is 0.0964. The molecule has 29 heavy (non-hydrogen) atoms. The van der Waals surface area contributed by atoms with Crippen molar-refractivity contribution in [1.82, 2.24) is 15.3 Å². The molecule has 2 N–H and O–H groups in total. The molecular formula is C19H12Br2Cl2N4O2. The summed E-state index contributed by atoms with van der Waals surface area (Å²) in [5.74, 6) is -0.827. The highest BCUT2D eigenvalue weighted by Crippen LogP contribution is 2.32. The number of rotatable bonds is 4. The van der Waals surface area contributed by atoms with Crippen molar-refractivity contribution in [3.05, 3.63) is 72.8 Å². The van der Waals surface area contributed by atoms with E-state index in [1.54, 1.807) is 30.5 Å². The third kappa shape index (κ3) is 4.95. The van der Waals surface area contributed by atoms with E-state index in [9.17, 15) is 9.59 Å². The normalized spacial score (nSPS) is 10.5. The summed E-state index contributed by atoms with van der Waals surface area (Å²) in [5, 5.41) is 5.79. The van der Waals surface area contributed by atoms with Gasteiger partial charge >= 0.3 is 0 Å². The zero-order valence-corrected chi connectivity index (χ0v) is 19.4. The Morgan fingerprint density at radius 1 is 1.07 bits per heavy atom. The van der Waals surface area contributed by atoms with Crippen molar-refractivity contribution >= 4 is 72.6 Å². The zero-order chi connectivity index (χ0) is 21.1. The van der Waals surface area contributed by atoms with E-state index in [2.05, 4.69) is 52.5 Å². The molecule has 10 heteroatoms. The number of pyridine rings is 2. The Bertz CT molecular complexity index is 1130. The molecule has 2 heterocycles. The van der Waals surface area contributed by atoms with Gasteiger partial charge in [0.1, 0.15) is 10.8 Å². The first kappa shape index (κ1) is 21.7. The van der Waals surface area contributed by atoms with Crippen LogP contribution in [0.25, 0.3) is 11.4 Å². The smallest absolute Gasteiger partial charge is 0.255 e. The molecule has 0 atom stereocenters. The fraction of sp³-hybridized carbons (Fsp3) is 0.0526. The molecule has 148 valence electrons. The molecule has 3 rings (SSSR count). The van der Waals surface area contributed by atoms with Crippen molar-refractivity contribution in [3.63, 3.8) is 0 Å². The van der Waals surface area contributed by atoms with Crippen LogP contribution in [0.2, 0.25) is 10.2 Å². The number of aromatic nitrogens is 2. The Kier molecular flexibility index (Phi) is 6.89. The van der Waals surface area contributed by atoms with Crippen molar-refractivity contribution in [3.8, 4) is 11.4 Å². The largest absolute Gasteiger partial charge is 0.355 e. The second-order valence-corrected chi connectivity index (χ2v) is 8.31. The molecule has 0 bridgehead atoms. The van der Waals surface area contributed by atoms with Crippen molar-refractivity contribution in [2.45, 2.75) is 0 Å². The summed E-state index contributed by atoms with van der Waals surface area (Å²) in [7, 11) is 1.51. The molecule has 2 amide bonds. The molecular weight excluding hydrogens is 547 g/mol. The van der Waals surface area contributed by atoms with Gasteiger partial charge in [-0.25, -0.2) is 4.98 Å². The van der Waals surface area contributed by atoms with Crippen molar-refractivity contribution in [1.29, 1.82) is 0 Å². The number of hydrogen-bond acceptors (Lipinski definition) is 4. The fourth-order valence-electron chi connectivity index (χ4n) is 2.52. The van der Waals surface area contributed by atoms with E-state index in [0.29, 0.717) is 31.0 Å². The van der Waals surface area contributed by atoms with Gasteiger partial charge in [0.2, 0.25) is 0 Å². The lowest BCUT2D eigenvalue weighted by Crippen LogP contribution is -2.22. The van der Waals surface area contributed by atoms with Crippen LogP contribution in [0, 0.1) is 0 Å². The summed E-state index contributed by atoms with van der Waals surface area (Å²) in [5.41, 5.74) is 1.61. The SMILES string of the molecule is CNC(=O)c1cc(Br)cc(Br)c1NC(=O)c1cc(Cl)nc(-c2ncccc2Cl)c1. The average Bonchev–Trinajstić information content (AvgIpc) is 2.68. The minimum atomic E-state index is -0.476. The monoisotopic (exact) mass is 556 g/mol. The Morgan fingerprint density at radius 2 is 1.83 bits per heavy atom. The molecule has 0 spiro atoms. The van der Waals surface area contributed by atoms with Crippen LogP contribution in [0.4, 0.5) is 5.69 Å². The zero-order valence-electron chi connectivity index (χ0n) is 14.8. The van der Waals surface area contributed by atoms with E-state index < -0.39 is 5.91 Å². The molecule has 0 radical (unpaired) electrons. The third-order valence-electron chi connectivity index (χ3n) is 3.82.